The number of carboxylic acids is 1. The minimum Gasteiger partial charge on any atom is -0.476 e. The van der Waals surface area contributed by atoms with Crippen molar-refractivity contribution in [1.29, 1.82) is 0 Å². The molecular formula is C13H11F3N2O2S. The number of aromatic nitrogens is 1. The van der Waals surface area contributed by atoms with E-state index in [1.54, 1.807) is 0 Å². The molecule has 0 fully saturated rings. The van der Waals surface area contributed by atoms with Crippen LogP contribution >= 0.6 is 11.3 Å². The molecule has 0 amide bonds. The molecular weight excluding hydrogens is 305 g/mol. The average molecular weight is 316 g/mol. The molecule has 0 atom stereocenters. The van der Waals surface area contributed by atoms with Crippen molar-refractivity contribution in [2.24, 2.45) is 0 Å². The number of carbonyl (C=O) groups is 1. The molecule has 2 aromatic rings. The van der Waals surface area contributed by atoms with Crippen LogP contribution in [0, 0.1) is 0 Å². The zero-order valence-corrected chi connectivity index (χ0v) is 11.5. The summed E-state index contributed by atoms with van der Waals surface area (Å²) in [4.78, 5) is 14.5. The largest absolute Gasteiger partial charge is 0.476 e. The predicted octanol–water partition coefficient (Wildman–Crippen LogP) is 3.51. The van der Waals surface area contributed by atoms with E-state index in [4.69, 9.17) is 5.11 Å². The molecule has 2 rings (SSSR count). The number of hydrogen-bond donors (Lipinski definition) is 2. The molecule has 0 unspecified atom stereocenters. The van der Waals surface area contributed by atoms with Gasteiger partial charge < -0.3 is 10.4 Å². The number of hydrogen-bond acceptors (Lipinski definition) is 4. The second-order valence-electron chi connectivity index (χ2n) is 4.15. The third-order valence-corrected chi connectivity index (χ3v) is 3.57. The Labute approximate surface area is 122 Å². The molecule has 0 spiro atoms. The molecule has 1 aromatic heterocycles. The number of alkyl halides is 3. The summed E-state index contributed by atoms with van der Waals surface area (Å²) in [6.07, 6.45) is -4.06. The van der Waals surface area contributed by atoms with E-state index in [9.17, 15) is 18.0 Å². The Morgan fingerprint density at radius 1 is 1.33 bits per heavy atom. The van der Waals surface area contributed by atoms with Crippen LogP contribution in [-0.2, 0) is 12.6 Å². The summed E-state index contributed by atoms with van der Waals surface area (Å²) < 4.78 is 38.3. The predicted molar refractivity (Wildman–Crippen MR) is 72.7 cm³/mol. The SMILES string of the molecule is O=C(O)c1csc(CCNc2ccccc2C(F)(F)F)n1. The number of aromatic carboxylic acids is 1. The minimum absolute atomic E-state index is 0.0000131. The molecule has 0 aliphatic rings. The van der Waals surface area contributed by atoms with Gasteiger partial charge in [-0.3, -0.25) is 0 Å². The number of halogens is 3. The number of benzene rings is 1. The van der Waals surface area contributed by atoms with Crippen LogP contribution in [0.1, 0.15) is 21.1 Å². The first kappa shape index (κ1) is 15.3. The molecule has 0 saturated heterocycles. The molecule has 2 N–H and O–H groups in total. The first-order valence-corrected chi connectivity index (χ1v) is 6.83. The smallest absolute Gasteiger partial charge is 0.418 e. The lowest BCUT2D eigenvalue weighted by Crippen LogP contribution is -2.12. The number of para-hydroxylation sites is 1. The molecule has 21 heavy (non-hydrogen) atoms. The van der Waals surface area contributed by atoms with Gasteiger partial charge in [0.1, 0.15) is 0 Å². The number of rotatable bonds is 5. The van der Waals surface area contributed by atoms with E-state index in [2.05, 4.69) is 10.3 Å². The van der Waals surface area contributed by atoms with Crippen LogP contribution in [0.2, 0.25) is 0 Å². The molecule has 0 bridgehead atoms. The zero-order valence-electron chi connectivity index (χ0n) is 10.6. The Kier molecular flexibility index (Phi) is 4.46. The Morgan fingerprint density at radius 2 is 2.05 bits per heavy atom. The van der Waals surface area contributed by atoms with Crippen LogP contribution in [0.15, 0.2) is 29.6 Å². The number of thiazole rings is 1. The van der Waals surface area contributed by atoms with E-state index < -0.39 is 17.7 Å². The fourth-order valence-electron chi connectivity index (χ4n) is 1.71. The van der Waals surface area contributed by atoms with Crippen LogP contribution < -0.4 is 5.32 Å². The molecule has 0 aliphatic heterocycles. The van der Waals surface area contributed by atoms with Gasteiger partial charge in [-0.15, -0.1) is 11.3 Å². The van der Waals surface area contributed by atoms with E-state index in [0.717, 1.165) is 6.07 Å². The number of carboxylic acid groups (broad SMARTS) is 1. The summed E-state index contributed by atoms with van der Waals surface area (Å²) >= 11 is 1.17. The van der Waals surface area contributed by atoms with Crippen LogP contribution in [0.25, 0.3) is 0 Å². The van der Waals surface area contributed by atoms with E-state index in [1.807, 2.05) is 0 Å². The quantitative estimate of drug-likeness (QED) is 0.886. The first-order chi connectivity index (χ1) is 9.88. The highest BCUT2D eigenvalue weighted by Gasteiger charge is 2.32. The molecule has 0 aliphatic carbocycles. The second-order valence-corrected chi connectivity index (χ2v) is 5.09. The molecule has 8 heteroatoms. The van der Waals surface area contributed by atoms with Gasteiger partial charge in [0.15, 0.2) is 5.69 Å². The van der Waals surface area contributed by atoms with Gasteiger partial charge in [0.2, 0.25) is 0 Å². The summed E-state index contributed by atoms with van der Waals surface area (Å²) in [5.74, 6) is -1.12. The highest BCUT2D eigenvalue weighted by molar-refractivity contribution is 7.09. The van der Waals surface area contributed by atoms with Gasteiger partial charge in [0.25, 0.3) is 0 Å². The second kappa shape index (κ2) is 6.13. The molecule has 1 heterocycles. The van der Waals surface area contributed by atoms with Crippen molar-refractivity contribution in [3.8, 4) is 0 Å². The van der Waals surface area contributed by atoms with E-state index >= 15 is 0 Å². The third-order valence-electron chi connectivity index (χ3n) is 2.66. The van der Waals surface area contributed by atoms with Gasteiger partial charge in [0, 0.05) is 24.0 Å². The molecule has 112 valence electrons. The molecule has 0 saturated carbocycles. The number of nitrogens with zero attached hydrogens (tertiary/aromatic N) is 1. The van der Waals surface area contributed by atoms with Crippen LogP contribution in [0.5, 0.6) is 0 Å². The summed E-state index contributed by atoms with van der Waals surface area (Å²) in [5.41, 5.74) is -0.777. The maximum atomic E-state index is 12.8. The fourth-order valence-corrected chi connectivity index (χ4v) is 2.48. The van der Waals surface area contributed by atoms with Gasteiger partial charge in [-0.2, -0.15) is 13.2 Å². The van der Waals surface area contributed by atoms with Crippen molar-refractivity contribution in [1.82, 2.24) is 4.98 Å². The molecule has 0 radical (unpaired) electrons. The lowest BCUT2D eigenvalue weighted by atomic mass is 10.1. The highest BCUT2D eigenvalue weighted by Crippen LogP contribution is 2.34. The average Bonchev–Trinajstić information content (AvgIpc) is 2.87. The molecule has 4 nitrogen and oxygen atoms in total. The van der Waals surface area contributed by atoms with Gasteiger partial charge in [0.05, 0.1) is 10.6 Å². The number of anilines is 1. The maximum absolute atomic E-state index is 12.8. The van der Waals surface area contributed by atoms with Crippen LogP contribution in [0.4, 0.5) is 18.9 Å². The Balaban J connectivity index is 1.99. The summed E-state index contributed by atoms with van der Waals surface area (Å²) in [6, 6.07) is 5.21. The van der Waals surface area contributed by atoms with Crippen LogP contribution in [0.3, 0.4) is 0 Å². The number of nitrogens with one attached hydrogen (secondary N) is 1. The van der Waals surface area contributed by atoms with Crippen molar-refractivity contribution in [2.75, 3.05) is 11.9 Å². The monoisotopic (exact) mass is 316 g/mol. The van der Waals surface area contributed by atoms with Gasteiger partial charge in [-0.05, 0) is 12.1 Å². The fraction of sp³-hybridized carbons (Fsp3) is 0.231. The summed E-state index contributed by atoms with van der Waals surface area (Å²) in [7, 11) is 0. The lowest BCUT2D eigenvalue weighted by molar-refractivity contribution is -0.136. The topological polar surface area (TPSA) is 62.2 Å². The standard InChI is InChI=1S/C13H11F3N2O2S/c14-13(15,16)8-3-1-2-4-9(8)17-6-5-11-18-10(7-21-11)12(19)20/h1-4,7,17H,5-6H2,(H,19,20). The summed E-state index contributed by atoms with van der Waals surface area (Å²) in [6.45, 7) is 0.236. The van der Waals surface area contributed by atoms with Crippen LogP contribution in [-0.4, -0.2) is 22.6 Å². The molecule has 1 aromatic carbocycles. The Morgan fingerprint density at radius 3 is 2.67 bits per heavy atom. The normalized spacial score (nSPS) is 11.4. The van der Waals surface area contributed by atoms with Crippen molar-refractivity contribution in [3.05, 3.63) is 45.9 Å². The van der Waals surface area contributed by atoms with E-state index in [1.165, 1.54) is 34.9 Å². The Bertz CT molecular complexity index is 640. The van der Waals surface area contributed by atoms with E-state index in [-0.39, 0.29) is 17.9 Å². The van der Waals surface area contributed by atoms with Crippen molar-refractivity contribution < 1.29 is 23.1 Å². The van der Waals surface area contributed by atoms with Crippen molar-refractivity contribution in [2.45, 2.75) is 12.6 Å². The van der Waals surface area contributed by atoms with Gasteiger partial charge in [-0.25, -0.2) is 9.78 Å². The zero-order chi connectivity index (χ0) is 15.5. The van der Waals surface area contributed by atoms with Gasteiger partial charge in [-0.1, -0.05) is 12.1 Å². The van der Waals surface area contributed by atoms with Crippen molar-refractivity contribution >= 4 is 23.0 Å². The maximum Gasteiger partial charge on any atom is 0.418 e. The first-order valence-electron chi connectivity index (χ1n) is 5.95. The highest BCUT2D eigenvalue weighted by atomic mass is 32.1. The van der Waals surface area contributed by atoms with Gasteiger partial charge >= 0.3 is 12.1 Å². The van der Waals surface area contributed by atoms with Crippen molar-refractivity contribution in [3.63, 3.8) is 0 Å². The lowest BCUT2D eigenvalue weighted by Gasteiger charge is -2.13. The minimum atomic E-state index is -4.42. The third kappa shape index (κ3) is 3.94. The van der Waals surface area contributed by atoms with E-state index in [0.29, 0.717) is 11.4 Å². The summed E-state index contributed by atoms with van der Waals surface area (Å²) in [5, 5.41) is 13.4. The Hall–Kier alpha value is -2.09.